The number of benzene rings is 4. The Hall–Kier alpha value is -3.81. The molecule has 192 valence electrons. The average Bonchev–Trinajstić information content (AvgIpc) is 2.91. The van der Waals surface area contributed by atoms with Crippen LogP contribution in [0.2, 0.25) is 0 Å². The Labute approximate surface area is 217 Å². The number of ketones is 1. The number of halogens is 4. The molecule has 0 aliphatic carbocycles. The van der Waals surface area contributed by atoms with Gasteiger partial charge in [0.25, 0.3) is 0 Å². The van der Waals surface area contributed by atoms with E-state index in [-0.39, 0.29) is 28.0 Å². The SMILES string of the molecule is O=C1C2[C@@H](c3ccccc3F)N[C@@H](c3ccccc3F)C1[C@H](c1ccccc1F)N[C@@H]2c1ccccc1F. The van der Waals surface area contributed by atoms with E-state index < -0.39 is 59.3 Å². The van der Waals surface area contributed by atoms with Crippen molar-refractivity contribution in [1.29, 1.82) is 0 Å². The van der Waals surface area contributed by atoms with Gasteiger partial charge in [-0.25, -0.2) is 17.6 Å². The first-order chi connectivity index (χ1) is 18.5. The standard InChI is InChI=1S/C31H24F4N2O/c32-21-13-5-1-9-17(21)27-25-28(18-10-2-6-14-22(18)33)37-30(20-12-4-8-16-24(20)35)26(31(25)38)29(36-27)19-11-3-7-15-23(19)34/h1-16,25-30,36-37H/t25?,26?,27-,28-,29+,30+. The van der Waals surface area contributed by atoms with Crippen LogP contribution in [0.25, 0.3) is 0 Å². The van der Waals surface area contributed by atoms with Gasteiger partial charge in [0, 0.05) is 46.4 Å². The van der Waals surface area contributed by atoms with Crippen molar-refractivity contribution < 1.29 is 22.4 Å². The highest BCUT2D eigenvalue weighted by Gasteiger charge is 2.56. The molecule has 2 aliphatic rings. The maximum absolute atomic E-state index is 15.2. The quantitative estimate of drug-likeness (QED) is 0.304. The average molecular weight is 517 g/mol. The van der Waals surface area contributed by atoms with Crippen LogP contribution in [0.15, 0.2) is 97.1 Å². The Kier molecular flexibility index (Phi) is 6.33. The molecule has 6 rings (SSSR count). The van der Waals surface area contributed by atoms with Crippen molar-refractivity contribution in [2.45, 2.75) is 24.2 Å². The molecule has 0 aromatic heterocycles. The summed E-state index contributed by atoms with van der Waals surface area (Å²) in [7, 11) is 0. The lowest BCUT2D eigenvalue weighted by Crippen LogP contribution is -2.60. The fraction of sp³-hybridized carbons (Fsp3) is 0.194. The molecular weight excluding hydrogens is 492 g/mol. The minimum absolute atomic E-state index is 0.220. The predicted octanol–water partition coefficient (Wildman–Crippen LogP) is 6.52. The van der Waals surface area contributed by atoms with Crippen molar-refractivity contribution in [2.75, 3.05) is 0 Å². The second-order valence-corrected chi connectivity index (χ2v) is 9.78. The van der Waals surface area contributed by atoms with Crippen LogP contribution in [0.1, 0.15) is 46.4 Å². The number of hydrogen-bond donors (Lipinski definition) is 2. The van der Waals surface area contributed by atoms with Crippen LogP contribution in [0.4, 0.5) is 17.6 Å². The van der Waals surface area contributed by atoms with Crippen LogP contribution in [0, 0.1) is 35.1 Å². The van der Waals surface area contributed by atoms with Gasteiger partial charge in [-0.1, -0.05) is 72.8 Å². The Morgan fingerprint density at radius 1 is 0.421 bits per heavy atom. The summed E-state index contributed by atoms with van der Waals surface area (Å²) in [6.45, 7) is 0. The summed E-state index contributed by atoms with van der Waals surface area (Å²) in [5.74, 6) is -4.34. The van der Waals surface area contributed by atoms with Gasteiger partial charge < -0.3 is 10.6 Å². The van der Waals surface area contributed by atoms with E-state index in [2.05, 4.69) is 10.6 Å². The second-order valence-electron chi connectivity index (χ2n) is 9.78. The normalized spacial score (nSPS) is 26.8. The molecule has 2 N–H and O–H groups in total. The van der Waals surface area contributed by atoms with Crippen LogP contribution >= 0.6 is 0 Å². The molecule has 0 saturated carbocycles. The van der Waals surface area contributed by atoms with Gasteiger partial charge in [0.15, 0.2) is 0 Å². The fourth-order valence-electron chi connectivity index (χ4n) is 6.11. The number of carbonyl (C=O) groups excluding carboxylic acids is 1. The van der Waals surface area contributed by atoms with E-state index >= 15 is 17.6 Å². The van der Waals surface area contributed by atoms with E-state index in [9.17, 15) is 4.79 Å². The highest BCUT2D eigenvalue weighted by atomic mass is 19.1. The number of piperidine rings is 2. The molecule has 2 bridgehead atoms. The molecular formula is C31H24F4N2O. The maximum atomic E-state index is 15.2. The van der Waals surface area contributed by atoms with Crippen molar-refractivity contribution in [3.05, 3.63) is 143 Å². The molecule has 0 radical (unpaired) electrons. The topological polar surface area (TPSA) is 41.1 Å². The molecule has 2 heterocycles. The van der Waals surface area contributed by atoms with Gasteiger partial charge in [-0.3, -0.25) is 4.79 Å². The zero-order valence-electron chi connectivity index (χ0n) is 20.1. The van der Waals surface area contributed by atoms with E-state index in [1.165, 1.54) is 24.3 Å². The zero-order valence-corrected chi connectivity index (χ0v) is 20.1. The number of fused-ring (bicyclic) bond motifs is 2. The van der Waals surface area contributed by atoms with E-state index in [0.717, 1.165) is 0 Å². The molecule has 38 heavy (non-hydrogen) atoms. The highest BCUT2D eigenvalue weighted by Crippen LogP contribution is 2.53. The predicted molar refractivity (Wildman–Crippen MR) is 135 cm³/mol. The number of nitrogens with one attached hydrogen (secondary N) is 2. The van der Waals surface area contributed by atoms with Crippen LogP contribution in [0.5, 0.6) is 0 Å². The van der Waals surface area contributed by atoms with Crippen molar-refractivity contribution in [2.24, 2.45) is 11.8 Å². The second kappa shape index (κ2) is 9.82. The Bertz CT molecular complexity index is 1290. The first-order valence-corrected chi connectivity index (χ1v) is 12.5. The minimum Gasteiger partial charge on any atom is -0.301 e. The zero-order chi connectivity index (χ0) is 26.4. The Morgan fingerprint density at radius 2 is 0.658 bits per heavy atom. The summed E-state index contributed by atoms with van der Waals surface area (Å²) in [4.78, 5) is 14.4. The van der Waals surface area contributed by atoms with E-state index in [4.69, 9.17) is 0 Å². The molecule has 4 aromatic carbocycles. The number of rotatable bonds is 4. The van der Waals surface area contributed by atoms with Crippen LogP contribution < -0.4 is 10.6 Å². The molecule has 3 nitrogen and oxygen atoms in total. The molecule has 7 heteroatoms. The lowest BCUT2D eigenvalue weighted by atomic mass is 9.64. The van der Waals surface area contributed by atoms with Crippen molar-refractivity contribution in [3.8, 4) is 0 Å². The molecule has 4 aromatic rings. The summed E-state index contributed by atoms with van der Waals surface area (Å²) < 4.78 is 60.7. The minimum atomic E-state index is -0.945. The molecule has 4 atom stereocenters. The lowest BCUT2D eigenvalue weighted by molar-refractivity contribution is -0.139. The van der Waals surface area contributed by atoms with Crippen LogP contribution in [-0.4, -0.2) is 5.78 Å². The Balaban J connectivity index is 1.58. The third kappa shape index (κ3) is 4.03. The van der Waals surface area contributed by atoms with Crippen LogP contribution in [0.3, 0.4) is 0 Å². The third-order valence-electron chi connectivity index (χ3n) is 7.77. The number of hydrogen-bond acceptors (Lipinski definition) is 3. The van der Waals surface area contributed by atoms with Gasteiger partial charge in [-0.05, 0) is 24.3 Å². The van der Waals surface area contributed by atoms with Gasteiger partial charge in [-0.2, -0.15) is 0 Å². The first kappa shape index (κ1) is 24.5. The van der Waals surface area contributed by atoms with Gasteiger partial charge in [0.2, 0.25) is 0 Å². The molecule has 2 aliphatic heterocycles. The summed E-state index contributed by atoms with van der Waals surface area (Å²) >= 11 is 0. The largest absolute Gasteiger partial charge is 0.301 e. The Morgan fingerprint density at radius 3 is 0.895 bits per heavy atom. The van der Waals surface area contributed by atoms with Gasteiger partial charge in [0.1, 0.15) is 29.1 Å². The molecule has 0 spiro atoms. The number of Topliss-reactive ketones (excluding diaryl/α,β-unsaturated/α-hetero) is 1. The van der Waals surface area contributed by atoms with Crippen molar-refractivity contribution in [1.82, 2.24) is 10.6 Å². The third-order valence-corrected chi connectivity index (χ3v) is 7.77. The molecule has 2 fully saturated rings. The summed E-state index contributed by atoms with van der Waals surface area (Å²) in [5, 5.41) is 6.71. The van der Waals surface area contributed by atoms with E-state index in [1.54, 1.807) is 72.8 Å². The van der Waals surface area contributed by atoms with E-state index in [1.807, 2.05) is 0 Å². The van der Waals surface area contributed by atoms with E-state index in [0.29, 0.717) is 0 Å². The van der Waals surface area contributed by atoms with Gasteiger partial charge >= 0.3 is 0 Å². The molecule has 0 amide bonds. The summed E-state index contributed by atoms with van der Waals surface area (Å²) in [6.07, 6.45) is 0. The first-order valence-electron chi connectivity index (χ1n) is 12.5. The van der Waals surface area contributed by atoms with Crippen molar-refractivity contribution in [3.63, 3.8) is 0 Å². The van der Waals surface area contributed by atoms with Gasteiger partial charge in [0.05, 0.1) is 11.8 Å². The number of carbonyl (C=O) groups is 1. The summed E-state index contributed by atoms with van der Waals surface area (Å²) in [5.41, 5.74) is 0.882. The molecule has 0 unspecified atom stereocenters. The monoisotopic (exact) mass is 516 g/mol. The van der Waals surface area contributed by atoms with Crippen molar-refractivity contribution >= 4 is 5.78 Å². The highest BCUT2D eigenvalue weighted by molar-refractivity contribution is 5.89. The smallest absolute Gasteiger partial charge is 0.146 e. The molecule has 2 saturated heterocycles. The lowest BCUT2D eigenvalue weighted by Gasteiger charge is -2.52. The van der Waals surface area contributed by atoms with Crippen LogP contribution in [-0.2, 0) is 4.79 Å². The van der Waals surface area contributed by atoms with Gasteiger partial charge in [-0.15, -0.1) is 0 Å². The summed E-state index contributed by atoms with van der Waals surface area (Å²) in [6, 6.07) is 20.7. The maximum Gasteiger partial charge on any atom is 0.146 e. The fourth-order valence-corrected chi connectivity index (χ4v) is 6.11.